The fourth-order valence-electron chi connectivity index (χ4n) is 1.96. The SMILES string of the molecule is CN(C)c1ccc(B2OC(C)(C)C(C)(C)O2)c(F)c1. The second-order valence-corrected chi connectivity index (χ2v) is 6.19. The molecule has 1 aliphatic rings. The lowest BCUT2D eigenvalue weighted by atomic mass is 9.78. The van der Waals surface area contributed by atoms with Crippen molar-refractivity contribution in [3.8, 4) is 0 Å². The van der Waals surface area contributed by atoms with Gasteiger partial charge in [0.2, 0.25) is 0 Å². The minimum atomic E-state index is -0.652. The van der Waals surface area contributed by atoms with Crippen molar-refractivity contribution in [2.75, 3.05) is 19.0 Å². The van der Waals surface area contributed by atoms with Crippen LogP contribution in [0.4, 0.5) is 10.1 Å². The summed E-state index contributed by atoms with van der Waals surface area (Å²) in [4.78, 5) is 1.86. The van der Waals surface area contributed by atoms with E-state index in [1.165, 1.54) is 6.07 Å². The quantitative estimate of drug-likeness (QED) is 0.765. The Balaban J connectivity index is 2.30. The predicted octanol–water partition coefficient (Wildman–Crippen LogP) is 2.19. The molecule has 0 amide bonds. The van der Waals surface area contributed by atoms with Crippen LogP contribution in [-0.4, -0.2) is 32.4 Å². The van der Waals surface area contributed by atoms with Gasteiger partial charge in [0.15, 0.2) is 0 Å². The second-order valence-electron chi connectivity index (χ2n) is 6.19. The average Bonchev–Trinajstić information content (AvgIpc) is 2.47. The van der Waals surface area contributed by atoms with Crippen molar-refractivity contribution < 1.29 is 13.7 Å². The molecule has 0 bridgehead atoms. The lowest BCUT2D eigenvalue weighted by Gasteiger charge is -2.32. The first-order valence-corrected chi connectivity index (χ1v) is 6.46. The van der Waals surface area contributed by atoms with Crippen LogP contribution in [0, 0.1) is 5.82 Å². The summed E-state index contributed by atoms with van der Waals surface area (Å²) in [5, 5.41) is 0. The number of hydrogen-bond donors (Lipinski definition) is 0. The first-order valence-electron chi connectivity index (χ1n) is 6.46. The van der Waals surface area contributed by atoms with Crippen LogP contribution in [0.15, 0.2) is 18.2 Å². The summed E-state index contributed by atoms with van der Waals surface area (Å²) in [6.45, 7) is 7.83. The Morgan fingerprint density at radius 2 is 1.58 bits per heavy atom. The molecule has 0 N–H and O–H groups in total. The Morgan fingerprint density at radius 1 is 1.05 bits per heavy atom. The Kier molecular flexibility index (Phi) is 3.39. The molecular weight excluding hydrogens is 244 g/mol. The molecule has 1 aromatic carbocycles. The molecular formula is C14H21BFNO2. The molecule has 2 rings (SSSR count). The zero-order valence-electron chi connectivity index (χ0n) is 12.5. The number of benzene rings is 1. The van der Waals surface area contributed by atoms with E-state index in [0.717, 1.165) is 5.69 Å². The summed E-state index contributed by atoms with van der Waals surface area (Å²) in [6, 6.07) is 5.09. The van der Waals surface area contributed by atoms with Gasteiger partial charge in [0, 0.05) is 25.2 Å². The van der Waals surface area contributed by atoms with Crippen molar-refractivity contribution in [3.63, 3.8) is 0 Å². The number of nitrogens with zero attached hydrogens (tertiary/aromatic N) is 1. The van der Waals surface area contributed by atoms with Gasteiger partial charge in [-0.2, -0.15) is 0 Å². The molecule has 3 nitrogen and oxygen atoms in total. The number of hydrogen-bond acceptors (Lipinski definition) is 3. The maximum atomic E-state index is 14.2. The molecule has 1 fully saturated rings. The minimum Gasteiger partial charge on any atom is -0.399 e. The van der Waals surface area contributed by atoms with Crippen LogP contribution >= 0.6 is 0 Å². The fourth-order valence-corrected chi connectivity index (χ4v) is 1.96. The fraction of sp³-hybridized carbons (Fsp3) is 0.571. The van der Waals surface area contributed by atoms with Gasteiger partial charge in [0.1, 0.15) is 5.82 Å². The van der Waals surface area contributed by atoms with Crippen molar-refractivity contribution >= 4 is 18.3 Å². The van der Waals surface area contributed by atoms with E-state index >= 15 is 0 Å². The van der Waals surface area contributed by atoms with Crippen molar-refractivity contribution in [3.05, 3.63) is 24.0 Å². The molecule has 1 aromatic rings. The lowest BCUT2D eigenvalue weighted by Crippen LogP contribution is -2.41. The zero-order chi connectivity index (χ0) is 14.4. The Hall–Kier alpha value is -1.07. The summed E-state index contributed by atoms with van der Waals surface area (Å²) < 4.78 is 25.9. The molecule has 5 heteroatoms. The van der Waals surface area contributed by atoms with E-state index in [0.29, 0.717) is 5.46 Å². The molecule has 1 aliphatic heterocycles. The maximum absolute atomic E-state index is 14.2. The highest BCUT2D eigenvalue weighted by Gasteiger charge is 2.52. The summed E-state index contributed by atoms with van der Waals surface area (Å²) in [5.74, 6) is -0.301. The third-order valence-corrected chi connectivity index (χ3v) is 4.01. The second kappa shape index (κ2) is 4.49. The van der Waals surface area contributed by atoms with Crippen LogP contribution in [0.3, 0.4) is 0 Å². The largest absolute Gasteiger partial charge is 0.497 e. The van der Waals surface area contributed by atoms with Gasteiger partial charge in [-0.05, 0) is 39.8 Å². The van der Waals surface area contributed by atoms with Crippen molar-refractivity contribution in [2.45, 2.75) is 38.9 Å². The van der Waals surface area contributed by atoms with Crippen LogP contribution in [-0.2, 0) is 9.31 Å². The minimum absolute atomic E-state index is 0.301. The molecule has 0 aliphatic carbocycles. The van der Waals surface area contributed by atoms with E-state index in [-0.39, 0.29) is 5.82 Å². The standard InChI is InChI=1S/C14H21BFNO2/c1-13(2)14(3,4)19-15(18-13)11-8-7-10(17(5)6)9-12(11)16/h7-9H,1-6H3. The summed E-state index contributed by atoms with van der Waals surface area (Å²) in [6.07, 6.45) is 0. The van der Waals surface area contributed by atoms with Crippen LogP contribution in [0.5, 0.6) is 0 Å². The van der Waals surface area contributed by atoms with Gasteiger partial charge in [-0.1, -0.05) is 6.07 Å². The average molecular weight is 265 g/mol. The number of halogens is 1. The van der Waals surface area contributed by atoms with Gasteiger partial charge in [-0.15, -0.1) is 0 Å². The van der Waals surface area contributed by atoms with Gasteiger partial charge in [-0.25, -0.2) is 4.39 Å². The Bertz CT molecular complexity index is 472. The number of anilines is 1. The Labute approximate surface area is 114 Å². The van der Waals surface area contributed by atoms with Gasteiger partial charge >= 0.3 is 7.12 Å². The highest BCUT2D eigenvalue weighted by molar-refractivity contribution is 6.62. The molecule has 0 spiro atoms. The third kappa shape index (κ3) is 2.49. The highest BCUT2D eigenvalue weighted by Crippen LogP contribution is 2.36. The molecule has 1 saturated heterocycles. The van der Waals surface area contributed by atoms with E-state index in [2.05, 4.69) is 0 Å². The molecule has 1 heterocycles. The highest BCUT2D eigenvalue weighted by atomic mass is 19.1. The van der Waals surface area contributed by atoms with E-state index in [1.807, 2.05) is 52.8 Å². The maximum Gasteiger partial charge on any atom is 0.497 e. The molecule has 0 aromatic heterocycles. The molecule has 0 unspecified atom stereocenters. The monoisotopic (exact) mass is 265 g/mol. The normalized spacial score (nSPS) is 20.7. The van der Waals surface area contributed by atoms with Gasteiger partial charge < -0.3 is 14.2 Å². The zero-order valence-corrected chi connectivity index (χ0v) is 12.5. The van der Waals surface area contributed by atoms with Crippen LogP contribution in [0.2, 0.25) is 0 Å². The van der Waals surface area contributed by atoms with Crippen LogP contribution < -0.4 is 10.4 Å². The molecule has 0 atom stereocenters. The molecule has 104 valence electrons. The molecule has 19 heavy (non-hydrogen) atoms. The lowest BCUT2D eigenvalue weighted by molar-refractivity contribution is 0.00578. The summed E-state index contributed by atoms with van der Waals surface area (Å²) in [5.41, 5.74) is 0.358. The third-order valence-electron chi connectivity index (χ3n) is 4.01. The van der Waals surface area contributed by atoms with Gasteiger partial charge in [-0.3, -0.25) is 0 Å². The van der Waals surface area contributed by atoms with E-state index in [9.17, 15) is 4.39 Å². The van der Waals surface area contributed by atoms with Crippen molar-refractivity contribution in [1.29, 1.82) is 0 Å². The van der Waals surface area contributed by atoms with E-state index in [4.69, 9.17) is 9.31 Å². The van der Waals surface area contributed by atoms with Gasteiger partial charge in [0.25, 0.3) is 0 Å². The molecule has 0 radical (unpaired) electrons. The summed E-state index contributed by atoms with van der Waals surface area (Å²) >= 11 is 0. The Morgan fingerprint density at radius 3 is 2.00 bits per heavy atom. The van der Waals surface area contributed by atoms with E-state index < -0.39 is 18.3 Å². The summed E-state index contributed by atoms with van der Waals surface area (Å²) in [7, 11) is 3.10. The van der Waals surface area contributed by atoms with Crippen molar-refractivity contribution in [1.82, 2.24) is 0 Å². The smallest absolute Gasteiger partial charge is 0.399 e. The van der Waals surface area contributed by atoms with Gasteiger partial charge in [0.05, 0.1) is 11.2 Å². The van der Waals surface area contributed by atoms with Crippen LogP contribution in [0.25, 0.3) is 0 Å². The number of rotatable bonds is 2. The first kappa shape index (κ1) is 14.3. The van der Waals surface area contributed by atoms with Crippen molar-refractivity contribution in [2.24, 2.45) is 0 Å². The predicted molar refractivity (Wildman–Crippen MR) is 76.4 cm³/mol. The topological polar surface area (TPSA) is 21.7 Å². The first-order chi connectivity index (χ1) is 8.64. The van der Waals surface area contributed by atoms with E-state index in [1.54, 1.807) is 6.07 Å². The van der Waals surface area contributed by atoms with Crippen LogP contribution in [0.1, 0.15) is 27.7 Å². The molecule has 0 saturated carbocycles.